The average molecular weight is 280 g/mol. The topological polar surface area (TPSA) is 169 Å². The Balaban J connectivity index is 0. The van der Waals surface area contributed by atoms with Gasteiger partial charge in [0.25, 0.3) is 0 Å². The molecule has 0 aliphatic heterocycles. The predicted octanol–water partition coefficient (Wildman–Crippen LogP) is -0.377. The first kappa shape index (κ1) is 19.2. The van der Waals surface area contributed by atoms with Gasteiger partial charge in [-0.25, -0.2) is 4.79 Å². The maximum atomic E-state index is 9.90. The van der Waals surface area contributed by atoms with Crippen molar-refractivity contribution in [1.82, 2.24) is 0 Å². The first-order valence-electron chi connectivity index (χ1n) is 5.23. The maximum Gasteiger partial charge on any atom is 0.333 e. The summed E-state index contributed by atoms with van der Waals surface area (Å²) in [5.41, 5.74) is 0. The Labute approximate surface area is 108 Å². The minimum atomic E-state index is -1.79. The van der Waals surface area contributed by atoms with E-state index in [1.54, 1.807) is 0 Å². The van der Waals surface area contributed by atoms with Gasteiger partial charge in [0, 0.05) is 12.8 Å². The molecule has 0 spiro atoms. The first-order valence-corrected chi connectivity index (χ1v) is 5.23. The summed E-state index contributed by atoms with van der Waals surface area (Å²) in [4.78, 5) is 39.2. The van der Waals surface area contributed by atoms with E-state index in [1.807, 2.05) is 0 Å². The summed E-state index contributed by atoms with van der Waals surface area (Å²) >= 11 is 0. The number of aliphatic hydroxyl groups is 1. The maximum absolute atomic E-state index is 9.90. The van der Waals surface area contributed by atoms with E-state index in [9.17, 15) is 19.2 Å². The lowest BCUT2D eigenvalue weighted by molar-refractivity contribution is -0.152. The largest absolute Gasteiger partial charge is 0.481 e. The van der Waals surface area contributed by atoms with Gasteiger partial charge in [0.05, 0.1) is 6.42 Å². The van der Waals surface area contributed by atoms with Crippen molar-refractivity contribution in [2.75, 3.05) is 0 Å². The summed E-state index contributed by atoms with van der Waals surface area (Å²) in [6, 6.07) is 0. The third-order valence-corrected chi connectivity index (χ3v) is 1.68. The number of aliphatic hydroxyl groups excluding tert-OH is 1. The molecule has 1 unspecified atom stereocenters. The van der Waals surface area contributed by atoms with Gasteiger partial charge in [-0.05, 0) is 12.8 Å². The number of carboxylic acid groups (broad SMARTS) is 4. The van der Waals surface area contributed by atoms with E-state index in [1.165, 1.54) is 0 Å². The number of rotatable bonds is 8. The van der Waals surface area contributed by atoms with Gasteiger partial charge in [-0.2, -0.15) is 0 Å². The minimum absolute atomic E-state index is 0.0628. The van der Waals surface area contributed by atoms with Gasteiger partial charge in [-0.15, -0.1) is 0 Å². The van der Waals surface area contributed by atoms with Gasteiger partial charge in [0.15, 0.2) is 6.10 Å². The highest BCUT2D eigenvalue weighted by molar-refractivity contribution is 5.79. The molecular formula is C10H16O9. The summed E-state index contributed by atoms with van der Waals surface area (Å²) in [7, 11) is 0. The number of aliphatic carboxylic acids is 4. The highest BCUT2D eigenvalue weighted by Gasteiger charge is 2.16. The van der Waals surface area contributed by atoms with Crippen molar-refractivity contribution in [2.24, 2.45) is 0 Å². The second-order valence-corrected chi connectivity index (χ2v) is 3.45. The van der Waals surface area contributed by atoms with Crippen LogP contribution in [0.5, 0.6) is 0 Å². The average Bonchev–Trinajstić information content (AvgIpc) is 2.23. The van der Waals surface area contributed by atoms with Crippen LogP contribution >= 0.6 is 0 Å². The molecule has 1 atom stereocenters. The molecule has 0 aromatic carbocycles. The molecular weight excluding hydrogens is 264 g/mol. The molecule has 0 aromatic heterocycles. The van der Waals surface area contributed by atoms with E-state index in [4.69, 9.17) is 25.5 Å². The fourth-order valence-electron chi connectivity index (χ4n) is 0.805. The SMILES string of the molecule is O=C(O)CC(O)C(=O)O.O=C(O)CCCCC(=O)O. The molecule has 0 heterocycles. The fourth-order valence-corrected chi connectivity index (χ4v) is 0.805. The van der Waals surface area contributed by atoms with Crippen LogP contribution in [-0.2, 0) is 19.2 Å². The number of hydrogen-bond donors (Lipinski definition) is 5. The van der Waals surface area contributed by atoms with Crippen LogP contribution in [0.1, 0.15) is 32.1 Å². The lowest BCUT2D eigenvalue weighted by Crippen LogP contribution is -2.22. The van der Waals surface area contributed by atoms with E-state index in [2.05, 4.69) is 0 Å². The molecule has 5 N–H and O–H groups in total. The van der Waals surface area contributed by atoms with Crippen molar-refractivity contribution >= 4 is 23.9 Å². The fraction of sp³-hybridized carbons (Fsp3) is 0.600. The van der Waals surface area contributed by atoms with Crippen molar-refractivity contribution in [2.45, 2.75) is 38.2 Å². The molecule has 19 heavy (non-hydrogen) atoms. The van der Waals surface area contributed by atoms with Gasteiger partial charge < -0.3 is 25.5 Å². The lowest BCUT2D eigenvalue weighted by Gasteiger charge is -1.97. The molecule has 9 heteroatoms. The highest BCUT2D eigenvalue weighted by atomic mass is 16.4. The zero-order chi connectivity index (χ0) is 15.4. The van der Waals surface area contributed by atoms with E-state index in [0.717, 1.165) is 0 Å². The van der Waals surface area contributed by atoms with Gasteiger partial charge in [-0.3, -0.25) is 14.4 Å². The molecule has 0 bridgehead atoms. The zero-order valence-corrected chi connectivity index (χ0v) is 9.98. The Morgan fingerprint density at radius 2 is 1.11 bits per heavy atom. The Morgan fingerprint density at radius 3 is 1.26 bits per heavy atom. The Hall–Kier alpha value is -2.16. The standard InChI is InChI=1S/C6H10O4.C4H6O5/c7-5(8)3-1-2-4-6(9)10;5-2(4(8)9)1-3(6)7/h1-4H2,(H,7,8)(H,9,10);2,5H,1H2,(H,6,7)(H,8,9). The van der Waals surface area contributed by atoms with Crippen molar-refractivity contribution in [3.8, 4) is 0 Å². The Bertz CT molecular complexity index is 307. The molecule has 110 valence electrons. The van der Waals surface area contributed by atoms with E-state index in [0.29, 0.717) is 12.8 Å². The molecule has 0 saturated heterocycles. The van der Waals surface area contributed by atoms with Crippen molar-refractivity contribution in [3.63, 3.8) is 0 Å². The molecule has 0 aliphatic rings. The van der Waals surface area contributed by atoms with Crippen molar-refractivity contribution in [3.05, 3.63) is 0 Å². The van der Waals surface area contributed by atoms with E-state index >= 15 is 0 Å². The zero-order valence-electron chi connectivity index (χ0n) is 9.98. The second kappa shape index (κ2) is 11.0. The smallest absolute Gasteiger partial charge is 0.333 e. The lowest BCUT2D eigenvalue weighted by atomic mass is 10.2. The summed E-state index contributed by atoms with van der Waals surface area (Å²) in [6.45, 7) is 0. The molecule has 0 rings (SSSR count). The summed E-state index contributed by atoms with van der Waals surface area (Å²) < 4.78 is 0. The molecule has 0 radical (unpaired) electrons. The quantitative estimate of drug-likeness (QED) is 0.372. The number of carboxylic acids is 4. The van der Waals surface area contributed by atoms with Crippen LogP contribution in [0.2, 0.25) is 0 Å². The van der Waals surface area contributed by atoms with Crippen molar-refractivity contribution < 1.29 is 44.7 Å². The van der Waals surface area contributed by atoms with Crippen LogP contribution in [0.4, 0.5) is 0 Å². The Kier molecular flexibility index (Phi) is 11.1. The van der Waals surface area contributed by atoms with Crippen LogP contribution in [0.15, 0.2) is 0 Å². The molecule has 0 fully saturated rings. The molecule has 0 saturated carbocycles. The molecule has 0 amide bonds. The summed E-state index contributed by atoms with van der Waals surface area (Å²) in [5.74, 6) is -4.59. The normalized spacial score (nSPS) is 10.8. The third kappa shape index (κ3) is 18.4. The van der Waals surface area contributed by atoms with Crippen LogP contribution in [0.3, 0.4) is 0 Å². The number of hydrogen-bond acceptors (Lipinski definition) is 5. The third-order valence-electron chi connectivity index (χ3n) is 1.68. The molecule has 0 aliphatic carbocycles. The van der Waals surface area contributed by atoms with Gasteiger partial charge in [0.1, 0.15) is 0 Å². The number of carbonyl (C=O) groups is 4. The van der Waals surface area contributed by atoms with E-state index < -0.39 is 36.4 Å². The van der Waals surface area contributed by atoms with Crippen LogP contribution in [0.25, 0.3) is 0 Å². The monoisotopic (exact) mass is 280 g/mol. The minimum Gasteiger partial charge on any atom is -0.481 e. The van der Waals surface area contributed by atoms with Crippen molar-refractivity contribution in [1.29, 1.82) is 0 Å². The summed E-state index contributed by atoms with van der Waals surface area (Å²) in [5, 5.41) is 40.4. The second-order valence-electron chi connectivity index (χ2n) is 3.45. The van der Waals surface area contributed by atoms with Gasteiger partial charge in [0.2, 0.25) is 0 Å². The molecule has 0 aromatic rings. The molecule has 9 nitrogen and oxygen atoms in total. The number of unbranched alkanes of at least 4 members (excludes halogenated alkanes) is 1. The van der Waals surface area contributed by atoms with Gasteiger partial charge in [-0.1, -0.05) is 0 Å². The predicted molar refractivity (Wildman–Crippen MR) is 59.6 cm³/mol. The Morgan fingerprint density at radius 1 is 0.737 bits per heavy atom. The van der Waals surface area contributed by atoms with Gasteiger partial charge >= 0.3 is 23.9 Å². The summed E-state index contributed by atoms with van der Waals surface area (Å²) in [6.07, 6.45) is -1.53. The highest BCUT2D eigenvalue weighted by Crippen LogP contribution is 1.98. The van der Waals surface area contributed by atoms with Crippen LogP contribution < -0.4 is 0 Å². The van der Waals surface area contributed by atoms with Crippen LogP contribution in [0, 0.1) is 0 Å². The van der Waals surface area contributed by atoms with Crippen LogP contribution in [-0.4, -0.2) is 55.5 Å². The van der Waals surface area contributed by atoms with E-state index in [-0.39, 0.29) is 12.8 Å². The first-order chi connectivity index (χ1) is 8.66.